The molecular weight excluding hydrogens is 321 g/mol. The highest BCUT2D eigenvalue weighted by atomic mass is 35.5. The number of amides is 1. The van der Waals surface area contributed by atoms with Crippen molar-refractivity contribution in [2.75, 3.05) is 26.3 Å². The summed E-state index contributed by atoms with van der Waals surface area (Å²) >= 11 is 5.83. The highest BCUT2D eigenvalue weighted by Crippen LogP contribution is 2.24. The molecule has 0 aliphatic carbocycles. The van der Waals surface area contributed by atoms with Gasteiger partial charge in [-0.1, -0.05) is 29.8 Å². The van der Waals surface area contributed by atoms with E-state index in [0.717, 1.165) is 5.56 Å². The molecule has 0 fully saturated rings. The fraction of sp³-hybridized carbons (Fsp3) is 0.235. The lowest BCUT2D eigenvalue weighted by Crippen LogP contribution is -2.36. The zero-order valence-electron chi connectivity index (χ0n) is 12.4. The molecule has 2 aromatic rings. The summed E-state index contributed by atoms with van der Waals surface area (Å²) in [7, 11) is 0. The van der Waals surface area contributed by atoms with Gasteiger partial charge >= 0.3 is 0 Å². The van der Waals surface area contributed by atoms with Crippen LogP contribution in [0.3, 0.4) is 0 Å². The SMILES string of the molecule is O=C(c1ccc(-c2ccc(Cl)cc2)cc1F)N(CCO)CCO. The minimum atomic E-state index is -0.650. The van der Waals surface area contributed by atoms with Crippen LogP contribution in [0.1, 0.15) is 10.4 Å². The van der Waals surface area contributed by atoms with Crippen LogP contribution in [-0.4, -0.2) is 47.3 Å². The van der Waals surface area contributed by atoms with Crippen LogP contribution < -0.4 is 0 Å². The Hall–Kier alpha value is -1.95. The molecule has 122 valence electrons. The minimum absolute atomic E-state index is 0.0395. The predicted octanol–water partition coefficient (Wildman–Crippen LogP) is 2.57. The van der Waals surface area contributed by atoms with Crippen molar-refractivity contribution in [1.82, 2.24) is 4.90 Å². The topological polar surface area (TPSA) is 60.8 Å². The van der Waals surface area contributed by atoms with Crippen molar-refractivity contribution in [3.63, 3.8) is 0 Å². The van der Waals surface area contributed by atoms with Gasteiger partial charge in [-0.05, 0) is 35.4 Å². The van der Waals surface area contributed by atoms with E-state index >= 15 is 0 Å². The molecule has 0 aliphatic rings. The van der Waals surface area contributed by atoms with Crippen LogP contribution >= 0.6 is 11.6 Å². The Balaban J connectivity index is 2.28. The molecule has 0 spiro atoms. The van der Waals surface area contributed by atoms with Crippen molar-refractivity contribution in [1.29, 1.82) is 0 Å². The first-order valence-corrected chi connectivity index (χ1v) is 7.51. The number of carbonyl (C=O) groups excluding carboxylic acids is 1. The first-order valence-electron chi connectivity index (χ1n) is 7.13. The first kappa shape index (κ1) is 17.4. The normalized spacial score (nSPS) is 10.6. The molecular formula is C17H17ClFNO3. The third-order valence-electron chi connectivity index (χ3n) is 3.40. The Labute approximate surface area is 138 Å². The lowest BCUT2D eigenvalue weighted by molar-refractivity contribution is 0.0680. The van der Waals surface area contributed by atoms with E-state index in [0.29, 0.717) is 10.6 Å². The number of hydrogen-bond donors (Lipinski definition) is 2. The van der Waals surface area contributed by atoms with Gasteiger partial charge in [0.05, 0.1) is 18.8 Å². The molecule has 0 atom stereocenters. The van der Waals surface area contributed by atoms with Crippen molar-refractivity contribution in [3.05, 3.63) is 58.9 Å². The summed E-state index contributed by atoms with van der Waals surface area (Å²) in [6, 6.07) is 11.3. The molecule has 0 radical (unpaired) electrons. The van der Waals surface area contributed by atoms with Gasteiger partial charge in [-0.25, -0.2) is 4.39 Å². The van der Waals surface area contributed by atoms with Crippen LogP contribution in [0.25, 0.3) is 11.1 Å². The van der Waals surface area contributed by atoms with E-state index in [1.165, 1.54) is 17.0 Å². The number of nitrogens with zero attached hydrogens (tertiary/aromatic N) is 1. The molecule has 0 aliphatic heterocycles. The Bertz CT molecular complexity index is 670. The summed E-state index contributed by atoms with van der Waals surface area (Å²) in [4.78, 5) is 13.5. The number of carbonyl (C=O) groups is 1. The number of benzene rings is 2. The van der Waals surface area contributed by atoms with Crippen LogP contribution in [0.2, 0.25) is 5.02 Å². The molecule has 2 N–H and O–H groups in total. The van der Waals surface area contributed by atoms with E-state index in [4.69, 9.17) is 21.8 Å². The highest BCUT2D eigenvalue weighted by molar-refractivity contribution is 6.30. The van der Waals surface area contributed by atoms with Crippen LogP contribution in [0, 0.1) is 5.82 Å². The number of hydrogen-bond acceptors (Lipinski definition) is 3. The van der Waals surface area contributed by atoms with Crippen molar-refractivity contribution in [2.45, 2.75) is 0 Å². The molecule has 0 bridgehead atoms. The van der Waals surface area contributed by atoms with Gasteiger partial charge in [-0.2, -0.15) is 0 Å². The molecule has 0 unspecified atom stereocenters. The quantitative estimate of drug-likeness (QED) is 0.851. The molecule has 4 nitrogen and oxygen atoms in total. The highest BCUT2D eigenvalue weighted by Gasteiger charge is 2.19. The second-order valence-electron chi connectivity index (χ2n) is 4.94. The zero-order chi connectivity index (χ0) is 16.8. The molecule has 1 amide bonds. The fourth-order valence-electron chi connectivity index (χ4n) is 2.24. The number of aliphatic hydroxyl groups excluding tert-OH is 2. The van der Waals surface area contributed by atoms with E-state index in [9.17, 15) is 9.18 Å². The molecule has 0 heterocycles. The summed E-state index contributed by atoms with van der Waals surface area (Å²) in [6.07, 6.45) is 0. The molecule has 0 aromatic heterocycles. The van der Waals surface area contributed by atoms with Crippen molar-refractivity contribution >= 4 is 17.5 Å². The van der Waals surface area contributed by atoms with Crippen LogP contribution in [0.15, 0.2) is 42.5 Å². The Morgan fingerprint density at radius 3 is 2.09 bits per heavy atom. The monoisotopic (exact) mass is 337 g/mol. The largest absolute Gasteiger partial charge is 0.395 e. The lowest BCUT2D eigenvalue weighted by atomic mass is 10.0. The van der Waals surface area contributed by atoms with E-state index < -0.39 is 11.7 Å². The molecule has 23 heavy (non-hydrogen) atoms. The number of rotatable bonds is 6. The van der Waals surface area contributed by atoms with Gasteiger partial charge in [0.2, 0.25) is 0 Å². The maximum atomic E-state index is 14.3. The number of halogens is 2. The maximum absolute atomic E-state index is 14.3. The summed E-state index contributed by atoms with van der Waals surface area (Å²) in [5.41, 5.74) is 1.33. The molecule has 0 saturated carbocycles. The standard InChI is InChI=1S/C17H17ClFNO3/c18-14-4-1-12(2-5-14)13-3-6-15(16(19)11-13)17(23)20(7-9-21)8-10-22/h1-6,11,21-22H,7-10H2. The molecule has 0 saturated heterocycles. The Morgan fingerprint density at radius 2 is 1.57 bits per heavy atom. The minimum Gasteiger partial charge on any atom is -0.395 e. The Kier molecular flexibility index (Phi) is 6.10. The lowest BCUT2D eigenvalue weighted by Gasteiger charge is -2.21. The van der Waals surface area contributed by atoms with Gasteiger partial charge in [0.1, 0.15) is 5.82 Å². The fourth-order valence-corrected chi connectivity index (χ4v) is 2.36. The summed E-state index contributed by atoms with van der Waals surface area (Å²) in [5.74, 6) is -1.21. The van der Waals surface area contributed by atoms with Crippen molar-refractivity contribution < 1.29 is 19.4 Å². The predicted molar refractivity (Wildman–Crippen MR) is 86.9 cm³/mol. The number of aliphatic hydroxyl groups is 2. The zero-order valence-corrected chi connectivity index (χ0v) is 13.1. The second kappa shape index (κ2) is 8.06. The van der Waals surface area contributed by atoms with Gasteiger partial charge in [-0.15, -0.1) is 0 Å². The average Bonchev–Trinajstić information content (AvgIpc) is 2.54. The van der Waals surface area contributed by atoms with E-state index in [-0.39, 0.29) is 31.9 Å². The molecule has 2 aromatic carbocycles. The smallest absolute Gasteiger partial charge is 0.256 e. The molecule has 6 heteroatoms. The van der Waals surface area contributed by atoms with Crippen LogP contribution in [0.4, 0.5) is 4.39 Å². The molecule has 2 rings (SSSR count). The van der Waals surface area contributed by atoms with Crippen LogP contribution in [0.5, 0.6) is 0 Å². The van der Waals surface area contributed by atoms with Crippen molar-refractivity contribution in [2.24, 2.45) is 0 Å². The van der Waals surface area contributed by atoms with Gasteiger partial charge < -0.3 is 15.1 Å². The van der Waals surface area contributed by atoms with Gasteiger partial charge in [0.15, 0.2) is 0 Å². The maximum Gasteiger partial charge on any atom is 0.256 e. The van der Waals surface area contributed by atoms with E-state index in [1.54, 1.807) is 30.3 Å². The Morgan fingerprint density at radius 1 is 1.00 bits per heavy atom. The second-order valence-corrected chi connectivity index (χ2v) is 5.38. The third-order valence-corrected chi connectivity index (χ3v) is 3.66. The van der Waals surface area contributed by atoms with Crippen molar-refractivity contribution in [3.8, 4) is 11.1 Å². The average molecular weight is 338 g/mol. The van der Waals surface area contributed by atoms with Gasteiger partial charge in [0.25, 0.3) is 5.91 Å². The summed E-state index contributed by atoms with van der Waals surface area (Å²) in [5, 5.41) is 18.5. The van der Waals surface area contributed by atoms with Crippen LogP contribution in [-0.2, 0) is 0 Å². The summed E-state index contributed by atoms with van der Waals surface area (Å²) in [6.45, 7) is -0.429. The first-order chi connectivity index (χ1) is 11.1. The van der Waals surface area contributed by atoms with E-state index in [2.05, 4.69) is 0 Å². The van der Waals surface area contributed by atoms with Gasteiger partial charge in [-0.3, -0.25) is 4.79 Å². The van der Waals surface area contributed by atoms with Gasteiger partial charge in [0, 0.05) is 18.1 Å². The summed E-state index contributed by atoms with van der Waals surface area (Å²) < 4.78 is 14.3. The third kappa shape index (κ3) is 4.28. The van der Waals surface area contributed by atoms with E-state index in [1.807, 2.05) is 0 Å².